The average molecular weight is 176 g/mol. The molecule has 0 bridgehead atoms. The normalized spacial score (nSPS) is 10.4. The first kappa shape index (κ1) is 9.06. The molecule has 0 aliphatic carbocycles. The van der Waals surface area contributed by atoms with Crippen LogP contribution in [0.25, 0.3) is 0 Å². The van der Waals surface area contributed by atoms with Gasteiger partial charge in [-0.1, -0.05) is 0 Å². The van der Waals surface area contributed by atoms with E-state index in [1.54, 1.807) is 0 Å². The van der Waals surface area contributed by atoms with Crippen LogP contribution in [0, 0.1) is 24.4 Å². The Balaban J connectivity index is 3.39. The summed E-state index contributed by atoms with van der Waals surface area (Å²) in [6.07, 6.45) is 0. The van der Waals surface area contributed by atoms with Crippen LogP contribution in [-0.2, 0) is 6.61 Å². The number of hydrogen-bond acceptors (Lipinski definition) is 1. The third-order valence-corrected chi connectivity index (χ3v) is 1.62. The van der Waals surface area contributed by atoms with E-state index in [-0.39, 0.29) is 5.56 Å². The zero-order chi connectivity index (χ0) is 9.30. The molecular weight excluding hydrogens is 169 g/mol. The summed E-state index contributed by atoms with van der Waals surface area (Å²) in [5, 5.41) is 8.53. The van der Waals surface area contributed by atoms with Crippen molar-refractivity contribution in [1.29, 1.82) is 0 Å². The van der Waals surface area contributed by atoms with Crippen LogP contribution in [0.3, 0.4) is 0 Å². The van der Waals surface area contributed by atoms with E-state index in [2.05, 4.69) is 0 Å². The van der Waals surface area contributed by atoms with E-state index in [9.17, 15) is 13.2 Å². The molecule has 0 aromatic heterocycles. The van der Waals surface area contributed by atoms with Crippen molar-refractivity contribution in [2.75, 3.05) is 0 Å². The summed E-state index contributed by atoms with van der Waals surface area (Å²) < 4.78 is 38.0. The van der Waals surface area contributed by atoms with Crippen LogP contribution in [-0.4, -0.2) is 5.11 Å². The highest BCUT2D eigenvalue weighted by Gasteiger charge is 2.14. The van der Waals surface area contributed by atoms with Crippen molar-refractivity contribution in [1.82, 2.24) is 0 Å². The molecule has 4 heteroatoms. The molecule has 1 N–H and O–H groups in total. The SMILES string of the molecule is Cc1c(F)c(F)cc(CO)c1F. The second kappa shape index (κ2) is 3.15. The molecule has 0 aliphatic heterocycles. The van der Waals surface area contributed by atoms with Gasteiger partial charge in [0.25, 0.3) is 0 Å². The average Bonchev–Trinajstić information content (AvgIpc) is 2.08. The van der Waals surface area contributed by atoms with Gasteiger partial charge in [0.2, 0.25) is 0 Å². The van der Waals surface area contributed by atoms with Crippen molar-refractivity contribution in [3.8, 4) is 0 Å². The molecule has 0 fully saturated rings. The fraction of sp³-hybridized carbons (Fsp3) is 0.250. The molecule has 66 valence electrons. The Kier molecular flexibility index (Phi) is 2.38. The molecule has 1 aromatic carbocycles. The number of benzene rings is 1. The van der Waals surface area contributed by atoms with E-state index >= 15 is 0 Å². The number of aliphatic hydroxyl groups excluding tert-OH is 1. The quantitative estimate of drug-likeness (QED) is 0.648. The molecule has 1 nitrogen and oxygen atoms in total. The zero-order valence-corrected chi connectivity index (χ0v) is 6.37. The first-order valence-electron chi connectivity index (χ1n) is 3.31. The molecule has 0 saturated carbocycles. The van der Waals surface area contributed by atoms with Gasteiger partial charge in [0, 0.05) is 11.1 Å². The molecule has 0 unspecified atom stereocenters. The minimum Gasteiger partial charge on any atom is -0.392 e. The van der Waals surface area contributed by atoms with Crippen LogP contribution in [0.4, 0.5) is 13.2 Å². The van der Waals surface area contributed by atoms with Crippen LogP contribution >= 0.6 is 0 Å². The number of rotatable bonds is 1. The topological polar surface area (TPSA) is 20.2 Å². The Morgan fingerprint density at radius 1 is 1.25 bits per heavy atom. The Morgan fingerprint density at radius 2 is 1.83 bits per heavy atom. The predicted octanol–water partition coefficient (Wildman–Crippen LogP) is 1.90. The maximum Gasteiger partial charge on any atom is 0.164 e. The van der Waals surface area contributed by atoms with Gasteiger partial charge in [-0.3, -0.25) is 0 Å². The predicted molar refractivity (Wildman–Crippen MR) is 37.0 cm³/mol. The molecule has 12 heavy (non-hydrogen) atoms. The number of hydrogen-bond donors (Lipinski definition) is 1. The smallest absolute Gasteiger partial charge is 0.164 e. The van der Waals surface area contributed by atoms with Gasteiger partial charge < -0.3 is 5.11 Å². The fourth-order valence-corrected chi connectivity index (χ4v) is 0.911. The van der Waals surface area contributed by atoms with E-state index in [0.29, 0.717) is 6.07 Å². The molecule has 0 spiro atoms. The van der Waals surface area contributed by atoms with Crippen LogP contribution < -0.4 is 0 Å². The molecule has 0 amide bonds. The lowest BCUT2D eigenvalue weighted by molar-refractivity contribution is 0.273. The Morgan fingerprint density at radius 3 is 2.33 bits per heavy atom. The molecular formula is C8H7F3O. The molecule has 0 aliphatic rings. The van der Waals surface area contributed by atoms with E-state index in [0.717, 1.165) is 6.92 Å². The summed E-state index contributed by atoms with van der Waals surface area (Å²) >= 11 is 0. The second-order valence-corrected chi connectivity index (χ2v) is 2.43. The lowest BCUT2D eigenvalue weighted by Gasteiger charge is -2.04. The van der Waals surface area contributed by atoms with Gasteiger partial charge in [0.1, 0.15) is 5.82 Å². The largest absolute Gasteiger partial charge is 0.392 e. The Bertz CT molecular complexity index is 310. The highest BCUT2D eigenvalue weighted by Crippen LogP contribution is 2.18. The van der Waals surface area contributed by atoms with Gasteiger partial charge in [-0.15, -0.1) is 0 Å². The van der Waals surface area contributed by atoms with E-state index < -0.39 is 29.6 Å². The van der Waals surface area contributed by atoms with Gasteiger partial charge in [0.15, 0.2) is 11.6 Å². The lowest BCUT2D eigenvalue weighted by atomic mass is 10.1. The molecule has 1 rings (SSSR count). The van der Waals surface area contributed by atoms with Crippen molar-refractivity contribution in [3.05, 3.63) is 34.6 Å². The van der Waals surface area contributed by atoms with Gasteiger partial charge in [-0.25, -0.2) is 13.2 Å². The van der Waals surface area contributed by atoms with Gasteiger partial charge in [-0.05, 0) is 13.0 Å². The molecule has 0 saturated heterocycles. The van der Waals surface area contributed by atoms with Crippen LogP contribution in [0.1, 0.15) is 11.1 Å². The summed E-state index contributed by atoms with van der Waals surface area (Å²) in [4.78, 5) is 0. The highest BCUT2D eigenvalue weighted by atomic mass is 19.2. The minimum atomic E-state index is -1.20. The molecule has 0 radical (unpaired) electrons. The summed E-state index contributed by atoms with van der Waals surface area (Å²) in [6, 6.07) is 0.650. The van der Waals surface area contributed by atoms with Crippen molar-refractivity contribution < 1.29 is 18.3 Å². The maximum absolute atomic E-state index is 12.9. The van der Waals surface area contributed by atoms with Crippen LogP contribution in [0.5, 0.6) is 0 Å². The summed E-state index contributed by atoms with van der Waals surface area (Å²) in [6.45, 7) is 0.483. The van der Waals surface area contributed by atoms with Crippen LogP contribution in [0.15, 0.2) is 6.07 Å². The van der Waals surface area contributed by atoms with Crippen molar-refractivity contribution in [2.45, 2.75) is 13.5 Å². The molecule has 1 aromatic rings. The third kappa shape index (κ3) is 1.30. The van der Waals surface area contributed by atoms with Crippen molar-refractivity contribution >= 4 is 0 Å². The van der Waals surface area contributed by atoms with Gasteiger partial charge >= 0.3 is 0 Å². The number of aliphatic hydroxyl groups is 1. The van der Waals surface area contributed by atoms with Gasteiger partial charge in [0.05, 0.1) is 6.61 Å². The Hall–Kier alpha value is -1.03. The first-order valence-corrected chi connectivity index (χ1v) is 3.31. The van der Waals surface area contributed by atoms with E-state index in [4.69, 9.17) is 5.11 Å². The van der Waals surface area contributed by atoms with Crippen molar-refractivity contribution in [2.24, 2.45) is 0 Å². The summed E-state index contributed by atoms with van der Waals surface area (Å²) in [5.74, 6) is -3.24. The number of halogens is 3. The minimum absolute atomic E-state index is 0.230. The van der Waals surface area contributed by atoms with E-state index in [1.165, 1.54) is 0 Å². The molecule has 0 atom stereocenters. The third-order valence-electron chi connectivity index (χ3n) is 1.62. The standard InChI is InChI=1S/C8H7F3O/c1-4-7(10)5(3-12)2-6(9)8(4)11/h2,12H,3H2,1H3. The second-order valence-electron chi connectivity index (χ2n) is 2.43. The monoisotopic (exact) mass is 176 g/mol. The lowest BCUT2D eigenvalue weighted by Crippen LogP contribution is -1.99. The van der Waals surface area contributed by atoms with Crippen LogP contribution in [0.2, 0.25) is 0 Å². The summed E-state index contributed by atoms with van der Waals surface area (Å²) in [7, 11) is 0. The first-order chi connectivity index (χ1) is 5.57. The maximum atomic E-state index is 12.9. The highest BCUT2D eigenvalue weighted by molar-refractivity contribution is 5.27. The van der Waals surface area contributed by atoms with Crippen molar-refractivity contribution in [3.63, 3.8) is 0 Å². The summed E-state index contributed by atoms with van der Waals surface area (Å²) in [5.41, 5.74) is -0.634. The molecule has 0 heterocycles. The zero-order valence-electron chi connectivity index (χ0n) is 6.37. The Labute approximate surface area is 67.5 Å². The van der Waals surface area contributed by atoms with E-state index in [1.807, 2.05) is 0 Å². The fourth-order valence-electron chi connectivity index (χ4n) is 0.911. The van der Waals surface area contributed by atoms with Gasteiger partial charge in [-0.2, -0.15) is 0 Å².